The summed E-state index contributed by atoms with van der Waals surface area (Å²) in [4.78, 5) is 19.3. The van der Waals surface area contributed by atoms with Crippen LogP contribution < -0.4 is 4.74 Å². The number of nitro benzene ring substituents is 2. The third-order valence-corrected chi connectivity index (χ3v) is 1.58. The molecule has 0 radical (unpaired) electrons. The van der Waals surface area contributed by atoms with Crippen LogP contribution in [0.25, 0.3) is 0 Å². The highest BCUT2D eigenvalue weighted by Crippen LogP contribution is 2.35. The van der Waals surface area contributed by atoms with Crippen molar-refractivity contribution in [3.05, 3.63) is 38.4 Å². The Morgan fingerprint density at radius 2 is 1.86 bits per heavy atom. The van der Waals surface area contributed by atoms with Crippen LogP contribution in [0.15, 0.2) is 18.2 Å². The van der Waals surface area contributed by atoms with E-state index in [-0.39, 0.29) is 5.75 Å². The lowest BCUT2D eigenvalue weighted by molar-refractivity contribution is -0.423. The average Bonchev–Trinajstić information content (AvgIpc) is 2.16. The van der Waals surface area contributed by atoms with Gasteiger partial charge in [0.05, 0.1) is 17.0 Å². The third-order valence-electron chi connectivity index (χ3n) is 1.58. The molecule has 1 rings (SSSR count). The molecule has 7 nitrogen and oxygen atoms in total. The summed E-state index contributed by atoms with van der Waals surface area (Å²) in [5.41, 5.74) is -1.20. The van der Waals surface area contributed by atoms with E-state index in [1.165, 1.54) is 19.2 Å². The maximum absolute atomic E-state index is 10.5. The lowest BCUT2D eigenvalue weighted by atomic mass is 10.2. The van der Waals surface area contributed by atoms with Crippen molar-refractivity contribution >= 4 is 11.4 Å². The van der Waals surface area contributed by atoms with Crippen LogP contribution in [-0.4, -0.2) is 17.0 Å². The molecule has 0 atom stereocenters. The molecule has 0 fully saturated rings. The summed E-state index contributed by atoms with van der Waals surface area (Å²) >= 11 is 0. The number of hydrogen-bond acceptors (Lipinski definition) is 5. The van der Waals surface area contributed by atoms with Crippen LogP contribution in [0.4, 0.5) is 11.4 Å². The summed E-state index contributed by atoms with van der Waals surface area (Å²) in [5, 5.41) is 21.0. The van der Waals surface area contributed by atoms with E-state index in [0.29, 0.717) is 0 Å². The Balaban J connectivity index is 3.43. The topological polar surface area (TPSA) is 95.5 Å². The first-order valence-electron chi connectivity index (χ1n) is 3.53. The molecular weight excluding hydrogens is 192 g/mol. The Labute approximate surface area is 78.2 Å². The first-order chi connectivity index (χ1) is 6.57. The summed E-state index contributed by atoms with van der Waals surface area (Å²) in [5.74, 6) is -0.121. The van der Waals surface area contributed by atoms with Crippen molar-refractivity contribution in [1.29, 1.82) is 0 Å². The van der Waals surface area contributed by atoms with Crippen LogP contribution in [0, 0.1) is 20.2 Å². The smallest absolute Gasteiger partial charge is 0.387 e. The van der Waals surface area contributed by atoms with Crippen LogP contribution in [0.2, 0.25) is 0 Å². The Morgan fingerprint density at radius 3 is 2.29 bits per heavy atom. The highest BCUT2D eigenvalue weighted by Gasteiger charge is 2.28. The van der Waals surface area contributed by atoms with E-state index in [4.69, 9.17) is 0 Å². The number of nitrogens with zero attached hydrogens (tertiary/aromatic N) is 2. The molecular formula is C7H6N2O5. The van der Waals surface area contributed by atoms with Crippen molar-refractivity contribution in [2.45, 2.75) is 0 Å². The van der Waals surface area contributed by atoms with E-state index >= 15 is 0 Å². The molecule has 1 aromatic carbocycles. The second-order valence-electron chi connectivity index (χ2n) is 2.34. The van der Waals surface area contributed by atoms with E-state index < -0.39 is 21.2 Å². The highest BCUT2D eigenvalue weighted by atomic mass is 16.6. The standard InChI is InChI=1S/C7H6N2O5/c1-14-6-4-2-3-5(8(10)11)7(6)9(12)13/h2-4H,1H3. The lowest BCUT2D eigenvalue weighted by Crippen LogP contribution is -1.99. The van der Waals surface area contributed by atoms with E-state index in [1.54, 1.807) is 0 Å². The molecule has 0 heterocycles. The first kappa shape index (κ1) is 9.90. The minimum atomic E-state index is -0.836. The van der Waals surface area contributed by atoms with Crippen molar-refractivity contribution in [3.63, 3.8) is 0 Å². The van der Waals surface area contributed by atoms with Gasteiger partial charge in [-0.05, 0) is 6.07 Å². The van der Waals surface area contributed by atoms with Gasteiger partial charge in [-0.2, -0.15) is 0 Å². The fourth-order valence-corrected chi connectivity index (χ4v) is 1.01. The number of rotatable bonds is 3. The summed E-state index contributed by atoms with van der Waals surface area (Å²) in [6.07, 6.45) is 0. The molecule has 0 N–H and O–H groups in total. The predicted molar refractivity (Wildman–Crippen MR) is 46.3 cm³/mol. The van der Waals surface area contributed by atoms with Crippen molar-refractivity contribution in [2.24, 2.45) is 0 Å². The van der Waals surface area contributed by atoms with Gasteiger partial charge >= 0.3 is 11.4 Å². The minimum absolute atomic E-state index is 0.121. The molecule has 14 heavy (non-hydrogen) atoms. The number of nitro groups is 2. The molecule has 0 saturated heterocycles. The van der Waals surface area contributed by atoms with Crippen LogP contribution in [0.1, 0.15) is 0 Å². The molecule has 0 aromatic heterocycles. The van der Waals surface area contributed by atoms with Gasteiger partial charge in [-0.1, -0.05) is 6.07 Å². The van der Waals surface area contributed by atoms with Gasteiger partial charge in [-0.25, -0.2) is 0 Å². The molecule has 0 bridgehead atoms. The van der Waals surface area contributed by atoms with Crippen LogP contribution in [-0.2, 0) is 0 Å². The van der Waals surface area contributed by atoms with E-state index in [0.717, 1.165) is 6.07 Å². The van der Waals surface area contributed by atoms with Gasteiger partial charge in [-0.15, -0.1) is 0 Å². The van der Waals surface area contributed by atoms with Gasteiger partial charge in [0, 0.05) is 6.07 Å². The molecule has 0 unspecified atom stereocenters. The minimum Gasteiger partial charge on any atom is -0.490 e. The zero-order valence-electron chi connectivity index (χ0n) is 7.17. The number of benzene rings is 1. The second-order valence-corrected chi connectivity index (χ2v) is 2.34. The number of para-hydroxylation sites is 1. The van der Waals surface area contributed by atoms with Gasteiger partial charge in [0.1, 0.15) is 0 Å². The van der Waals surface area contributed by atoms with Crippen LogP contribution in [0.5, 0.6) is 5.75 Å². The SMILES string of the molecule is COc1cccc([N+](=O)[O-])c1[N+](=O)[O-]. The largest absolute Gasteiger partial charge is 0.490 e. The van der Waals surface area contributed by atoms with Crippen LogP contribution >= 0.6 is 0 Å². The monoisotopic (exact) mass is 198 g/mol. The van der Waals surface area contributed by atoms with Crippen molar-refractivity contribution in [1.82, 2.24) is 0 Å². The fourth-order valence-electron chi connectivity index (χ4n) is 1.01. The summed E-state index contributed by atoms with van der Waals surface area (Å²) in [7, 11) is 1.21. The molecule has 0 aliphatic heterocycles. The van der Waals surface area contributed by atoms with Gasteiger partial charge in [-0.3, -0.25) is 20.2 Å². The maximum atomic E-state index is 10.5. The molecule has 0 aliphatic rings. The molecule has 0 amide bonds. The summed E-state index contributed by atoms with van der Waals surface area (Å²) < 4.78 is 4.65. The second kappa shape index (κ2) is 3.69. The van der Waals surface area contributed by atoms with Crippen LogP contribution in [0.3, 0.4) is 0 Å². The normalized spacial score (nSPS) is 9.50. The van der Waals surface area contributed by atoms with Crippen molar-refractivity contribution in [2.75, 3.05) is 7.11 Å². The van der Waals surface area contributed by atoms with E-state index in [2.05, 4.69) is 4.74 Å². The van der Waals surface area contributed by atoms with E-state index in [1.807, 2.05) is 0 Å². The molecule has 0 aliphatic carbocycles. The van der Waals surface area contributed by atoms with Gasteiger partial charge in [0.15, 0.2) is 0 Å². The molecule has 74 valence electrons. The average molecular weight is 198 g/mol. The molecule has 7 heteroatoms. The van der Waals surface area contributed by atoms with E-state index in [9.17, 15) is 20.2 Å². The Bertz CT molecular complexity index is 390. The molecule has 0 saturated carbocycles. The maximum Gasteiger partial charge on any atom is 0.387 e. The quantitative estimate of drug-likeness (QED) is 0.541. The Kier molecular flexibility index (Phi) is 2.61. The van der Waals surface area contributed by atoms with Gasteiger partial charge in [0.25, 0.3) is 0 Å². The Hall–Kier alpha value is -2.18. The van der Waals surface area contributed by atoms with Gasteiger partial charge < -0.3 is 4.74 Å². The summed E-state index contributed by atoms with van der Waals surface area (Å²) in [6.45, 7) is 0. The predicted octanol–water partition coefficient (Wildman–Crippen LogP) is 1.51. The molecule has 1 aromatic rings. The molecule has 0 spiro atoms. The van der Waals surface area contributed by atoms with Crippen molar-refractivity contribution in [3.8, 4) is 5.75 Å². The zero-order valence-corrected chi connectivity index (χ0v) is 7.17. The first-order valence-corrected chi connectivity index (χ1v) is 3.53. The number of methoxy groups -OCH3 is 1. The third kappa shape index (κ3) is 1.60. The number of ether oxygens (including phenoxy) is 1. The zero-order chi connectivity index (χ0) is 10.7. The fraction of sp³-hybridized carbons (Fsp3) is 0.143. The number of hydrogen-bond donors (Lipinski definition) is 0. The lowest BCUT2D eigenvalue weighted by Gasteiger charge is -2.00. The van der Waals surface area contributed by atoms with Gasteiger partial charge in [0.2, 0.25) is 5.75 Å². The highest BCUT2D eigenvalue weighted by molar-refractivity contribution is 5.61. The Morgan fingerprint density at radius 1 is 1.21 bits per heavy atom. The van der Waals surface area contributed by atoms with Crippen molar-refractivity contribution < 1.29 is 14.6 Å². The summed E-state index contributed by atoms with van der Waals surface area (Å²) in [6, 6.07) is 3.68.